The Bertz CT molecular complexity index is 753. The van der Waals surface area contributed by atoms with Crippen molar-refractivity contribution in [3.05, 3.63) is 47.0 Å². The highest BCUT2D eigenvalue weighted by atomic mass is 32.2. The zero-order valence-corrected chi connectivity index (χ0v) is 12.3. The van der Waals surface area contributed by atoms with E-state index < -0.39 is 9.84 Å². The largest absolute Gasteiger partial charge is 0.507 e. The molecule has 4 nitrogen and oxygen atoms in total. The molecule has 2 rings (SSSR count). The molecule has 0 bridgehead atoms. The molecule has 0 aromatic heterocycles. The predicted molar refractivity (Wildman–Crippen MR) is 75.9 cm³/mol. The van der Waals surface area contributed by atoms with Gasteiger partial charge in [-0.2, -0.15) is 0 Å². The second kappa shape index (κ2) is 4.83. The third-order valence-corrected chi connectivity index (χ3v) is 4.96. The van der Waals surface area contributed by atoms with Crippen LogP contribution in [0.15, 0.2) is 40.1 Å². The van der Waals surface area contributed by atoms with Gasteiger partial charge in [-0.05, 0) is 61.7 Å². The van der Waals surface area contributed by atoms with Crippen molar-refractivity contribution in [2.45, 2.75) is 30.6 Å². The lowest BCUT2D eigenvalue weighted by Gasteiger charge is -2.10. The molecule has 20 heavy (non-hydrogen) atoms. The smallest absolute Gasteiger partial charge is 0.210 e. The van der Waals surface area contributed by atoms with Gasteiger partial charge >= 0.3 is 0 Å². The van der Waals surface area contributed by atoms with Crippen LogP contribution in [0.3, 0.4) is 0 Å². The molecule has 0 aliphatic carbocycles. The van der Waals surface area contributed by atoms with Gasteiger partial charge in [0.25, 0.3) is 0 Å². The molecule has 5 heteroatoms. The highest BCUT2D eigenvalue weighted by Crippen LogP contribution is 2.32. The van der Waals surface area contributed by atoms with E-state index in [0.717, 1.165) is 5.56 Å². The second-order valence-corrected chi connectivity index (χ2v) is 6.80. The minimum atomic E-state index is -3.81. The minimum Gasteiger partial charge on any atom is -0.507 e. The number of hydrogen-bond donors (Lipinski definition) is 2. The van der Waals surface area contributed by atoms with Gasteiger partial charge in [0.1, 0.15) is 16.4 Å². The maximum Gasteiger partial charge on any atom is 0.210 e. The van der Waals surface area contributed by atoms with Crippen molar-refractivity contribution in [3.8, 4) is 11.5 Å². The SMILES string of the molecule is Cc1ccc(S(=O)(=O)c2cc(C)c(O)c(C)c2)c(O)c1. The standard InChI is InChI=1S/C15H16O4S/c1-9-4-5-14(13(16)6-9)20(18,19)12-7-10(2)15(17)11(3)8-12/h4-8,16-17H,1-3H3. The monoisotopic (exact) mass is 292 g/mol. The average molecular weight is 292 g/mol. The van der Waals surface area contributed by atoms with E-state index in [-0.39, 0.29) is 21.3 Å². The van der Waals surface area contributed by atoms with E-state index in [2.05, 4.69) is 0 Å². The lowest BCUT2D eigenvalue weighted by atomic mass is 10.1. The fraction of sp³-hybridized carbons (Fsp3) is 0.200. The van der Waals surface area contributed by atoms with Crippen LogP contribution >= 0.6 is 0 Å². The number of hydrogen-bond acceptors (Lipinski definition) is 4. The van der Waals surface area contributed by atoms with E-state index in [9.17, 15) is 18.6 Å². The topological polar surface area (TPSA) is 74.6 Å². The molecule has 0 radical (unpaired) electrons. The molecule has 0 saturated heterocycles. The van der Waals surface area contributed by atoms with Crippen molar-refractivity contribution >= 4 is 9.84 Å². The number of phenolic OH excluding ortho intramolecular Hbond substituents is 2. The molecule has 2 N–H and O–H groups in total. The fourth-order valence-electron chi connectivity index (χ4n) is 2.05. The minimum absolute atomic E-state index is 0.0597. The third-order valence-electron chi connectivity index (χ3n) is 3.18. The summed E-state index contributed by atoms with van der Waals surface area (Å²) in [5.74, 6) is -0.189. The highest BCUT2D eigenvalue weighted by molar-refractivity contribution is 7.91. The van der Waals surface area contributed by atoms with Crippen LogP contribution < -0.4 is 0 Å². The van der Waals surface area contributed by atoms with Crippen LogP contribution in [-0.4, -0.2) is 18.6 Å². The summed E-state index contributed by atoms with van der Waals surface area (Å²) in [5, 5.41) is 19.6. The molecule has 2 aromatic carbocycles. The molecular weight excluding hydrogens is 276 g/mol. The molecule has 2 aromatic rings. The molecule has 0 heterocycles. The summed E-state index contributed by atoms with van der Waals surface area (Å²) in [7, 11) is -3.81. The van der Waals surface area contributed by atoms with Crippen LogP contribution in [0.25, 0.3) is 0 Å². The third kappa shape index (κ3) is 2.36. The first-order valence-electron chi connectivity index (χ1n) is 6.08. The van der Waals surface area contributed by atoms with Crippen molar-refractivity contribution in [1.82, 2.24) is 0 Å². The lowest BCUT2D eigenvalue weighted by Crippen LogP contribution is -2.03. The van der Waals surface area contributed by atoms with Gasteiger partial charge in [-0.3, -0.25) is 0 Å². The Hall–Kier alpha value is -2.01. The Morgan fingerprint density at radius 3 is 1.95 bits per heavy atom. The molecule has 0 fully saturated rings. The number of benzene rings is 2. The van der Waals surface area contributed by atoms with Gasteiger partial charge in [-0.15, -0.1) is 0 Å². The molecule has 0 unspecified atom stereocenters. The Labute approximate surface area is 118 Å². The summed E-state index contributed by atoms with van der Waals surface area (Å²) in [4.78, 5) is -0.0722. The molecule has 0 aliphatic heterocycles. The molecule has 0 saturated carbocycles. The first kappa shape index (κ1) is 14.4. The maximum atomic E-state index is 12.5. The van der Waals surface area contributed by atoms with E-state index >= 15 is 0 Å². The first-order valence-corrected chi connectivity index (χ1v) is 7.56. The summed E-state index contributed by atoms with van der Waals surface area (Å²) in [6, 6.07) is 7.23. The van der Waals surface area contributed by atoms with E-state index in [0.29, 0.717) is 11.1 Å². The second-order valence-electron chi connectivity index (χ2n) is 4.88. The molecule has 0 amide bonds. The van der Waals surface area contributed by atoms with Crippen LogP contribution in [0, 0.1) is 20.8 Å². The zero-order valence-electron chi connectivity index (χ0n) is 11.5. The molecule has 106 valence electrons. The van der Waals surface area contributed by atoms with E-state index in [4.69, 9.17) is 0 Å². The van der Waals surface area contributed by atoms with Gasteiger partial charge in [0.2, 0.25) is 9.84 Å². The molecular formula is C15H16O4S. The van der Waals surface area contributed by atoms with Crippen LogP contribution in [0.4, 0.5) is 0 Å². The van der Waals surface area contributed by atoms with Crippen molar-refractivity contribution in [2.75, 3.05) is 0 Å². The van der Waals surface area contributed by atoms with Crippen molar-refractivity contribution in [2.24, 2.45) is 0 Å². The van der Waals surface area contributed by atoms with E-state index in [1.165, 1.54) is 24.3 Å². The summed E-state index contributed by atoms with van der Waals surface area (Å²) < 4.78 is 25.1. The average Bonchev–Trinajstić information content (AvgIpc) is 2.34. The quantitative estimate of drug-likeness (QED) is 0.892. The number of aryl methyl sites for hydroxylation is 3. The van der Waals surface area contributed by atoms with Crippen molar-refractivity contribution in [3.63, 3.8) is 0 Å². The van der Waals surface area contributed by atoms with Crippen LogP contribution in [0.1, 0.15) is 16.7 Å². The van der Waals surface area contributed by atoms with Gasteiger partial charge in [0, 0.05) is 0 Å². The highest BCUT2D eigenvalue weighted by Gasteiger charge is 2.22. The van der Waals surface area contributed by atoms with E-state index in [1.54, 1.807) is 26.8 Å². The Balaban J connectivity index is 2.67. The maximum absolute atomic E-state index is 12.5. The summed E-state index contributed by atoms with van der Waals surface area (Å²) in [5.41, 5.74) is 1.74. The molecule has 0 spiro atoms. The predicted octanol–water partition coefficient (Wildman–Crippen LogP) is 2.86. The van der Waals surface area contributed by atoms with E-state index in [1.807, 2.05) is 0 Å². The normalized spacial score (nSPS) is 11.6. The summed E-state index contributed by atoms with van der Waals surface area (Å²) in [6.07, 6.45) is 0. The number of sulfone groups is 1. The summed E-state index contributed by atoms with van der Waals surface area (Å²) >= 11 is 0. The van der Waals surface area contributed by atoms with Gasteiger partial charge in [-0.1, -0.05) is 6.07 Å². The lowest BCUT2D eigenvalue weighted by molar-refractivity contribution is 0.458. The first-order chi connectivity index (χ1) is 9.23. The molecule has 0 aliphatic rings. The Kier molecular flexibility index (Phi) is 3.48. The molecule has 0 atom stereocenters. The van der Waals surface area contributed by atoms with Crippen LogP contribution in [0.2, 0.25) is 0 Å². The summed E-state index contributed by atoms with van der Waals surface area (Å²) in [6.45, 7) is 5.04. The number of rotatable bonds is 2. The van der Waals surface area contributed by atoms with Crippen LogP contribution in [0.5, 0.6) is 11.5 Å². The van der Waals surface area contributed by atoms with Gasteiger partial charge in [-0.25, -0.2) is 8.42 Å². The van der Waals surface area contributed by atoms with Crippen molar-refractivity contribution < 1.29 is 18.6 Å². The Morgan fingerprint density at radius 1 is 0.900 bits per heavy atom. The van der Waals surface area contributed by atoms with Gasteiger partial charge in [0.15, 0.2) is 0 Å². The zero-order chi connectivity index (χ0) is 15.1. The van der Waals surface area contributed by atoms with Crippen LogP contribution in [-0.2, 0) is 9.84 Å². The number of phenols is 2. The van der Waals surface area contributed by atoms with Gasteiger partial charge < -0.3 is 10.2 Å². The Morgan fingerprint density at radius 2 is 1.45 bits per heavy atom. The number of aromatic hydroxyl groups is 2. The van der Waals surface area contributed by atoms with Gasteiger partial charge in [0.05, 0.1) is 4.90 Å². The fourth-order valence-corrected chi connectivity index (χ4v) is 3.55. The van der Waals surface area contributed by atoms with Crippen molar-refractivity contribution in [1.29, 1.82) is 0 Å².